The van der Waals surface area contributed by atoms with Crippen molar-refractivity contribution in [3.05, 3.63) is 35.7 Å². The molecule has 3 rings (SSSR count). The van der Waals surface area contributed by atoms with Gasteiger partial charge in [0.25, 0.3) is 0 Å². The molecular weight excluding hydrogens is 344 g/mol. The highest BCUT2D eigenvalue weighted by Crippen LogP contribution is 2.24. The van der Waals surface area contributed by atoms with E-state index in [1.807, 2.05) is 37.5 Å². The summed E-state index contributed by atoms with van der Waals surface area (Å²) in [6.07, 6.45) is 2.49. The lowest BCUT2D eigenvalue weighted by Gasteiger charge is -2.15. The number of nitrogens with one attached hydrogen (secondary N) is 2. The Morgan fingerprint density at radius 1 is 1.22 bits per heavy atom. The number of aromatic hydroxyl groups is 1. The van der Waals surface area contributed by atoms with Crippen LogP contribution in [0, 0.1) is 6.92 Å². The van der Waals surface area contributed by atoms with E-state index in [0.29, 0.717) is 23.8 Å². The van der Waals surface area contributed by atoms with E-state index in [0.717, 1.165) is 29.7 Å². The quantitative estimate of drug-likeness (QED) is 0.483. The minimum atomic E-state index is -0.117. The van der Waals surface area contributed by atoms with Crippen molar-refractivity contribution < 1.29 is 10.2 Å². The van der Waals surface area contributed by atoms with Crippen LogP contribution >= 0.6 is 0 Å². The number of hydrogen-bond donors (Lipinski definition) is 4. The summed E-state index contributed by atoms with van der Waals surface area (Å²) < 4.78 is 1.94. The molecule has 1 atom stereocenters. The molecule has 0 aliphatic carbocycles. The highest BCUT2D eigenvalue weighted by atomic mass is 16.3. The molecule has 0 saturated carbocycles. The zero-order valence-electron chi connectivity index (χ0n) is 15.9. The highest BCUT2D eigenvalue weighted by molar-refractivity contribution is 5.84. The number of phenols is 1. The smallest absolute Gasteiger partial charge is 0.227 e. The van der Waals surface area contributed by atoms with Crippen molar-refractivity contribution in [1.82, 2.24) is 19.5 Å². The molecule has 1 unspecified atom stereocenters. The number of benzene rings is 1. The number of aryl methyl sites for hydroxylation is 2. The Morgan fingerprint density at radius 3 is 2.74 bits per heavy atom. The van der Waals surface area contributed by atoms with E-state index in [4.69, 9.17) is 0 Å². The van der Waals surface area contributed by atoms with E-state index in [1.165, 1.54) is 0 Å². The zero-order valence-corrected chi connectivity index (χ0v) is 15.9. The summed E-state index contributed by atoms with van der Waals surface area (Å²) in [6, 6.07) is 5.37. The highest BCUT2D eigenvalue weighted by Gasteiger charge is 2.15. The SMILES string of the molecule is CCC(CO)Nc1nc(NCc2cc(C)ccc2O)c2ncn(CC)c2n1. The van der Waals surface area contributed by atoms with Gasteiger partial charge in [-0.05, 0) is 26.3 Å². The Bertz CT molecular complexity index is 920. The second-order valence-corrected chi connectivity index (χ2v) is 6.52. The molecule has 4 N–H and O–H groups in total. The summed E-state index contributed by atoms with van der Waals surface area (Å²) in [7, 11) is 0. The van der Waals surface area contributed by atoms with E-state index in [9.17, 15) is 10.2 Å². The van der Waals surface area contributed by atoms with E-state index in [2.05, 4.69) is 25.6 Å². The first-order valence-electron chi connectivity index (χ1n) is 9.18. The molecule has 1 aromatic carbocycles. The topological polar surface area (TPSA) is 108 Å². The first-order chi connectivity index (χ1) is 13.0. The Kier molecular flexibility index (Phi) is 5.75. The molecule has 0 bridgehead atoms. The second kappa shape index (κ2) is 8.22. The van der Waals surface area contributed by atoms with Crippen molar-refractivity contribution >= 4 is 22.9 Å². The van der Waals surface area contributed by atoms with Crippen LogP contribution in [-0.4, -0.2) is 42.4 Å². The maximum absolute atomic E-state index is 10.1. The van der Waals surface area contributed by atoms with Gasteiger partial charge in [0.1, 0.15) is 5.75 Å². The summed E-state index contributed by atoms with van der Waals surface area (Å²) in [6.45, 7) is 7.15. The number of imidazole rings is 1. The number of hydrogen-bond acceptors (Lipinski definition) is 7. The van der Waals surface area contributed by atoms with Crippen LogP contribution in [0.1, 0.15) is 31.4 Å². The first-order valence-corrected chi connectivity index (χ1v) is 9.18. The maximum atomic E-state index is 10.1. The van der Waals surface area contributed by atoms with E-state index >= 15 is 0 Å². The van der Waals surface area contributed by atoms with Gasteiger partial charge in [-0.1, -0.05) is 24.6 Å². The summed E-state index contributed by atoms with van der Waals surface area (Å²) in [5.41, 5.74) is 3.25. The average Bonchev–Trinajstić information content (AvgIpc) is 3.09. The Balaban J connectivity index is 1.94. The van der Waals surface area contributed by atoms with E-state index in [-0.39, 0.29) is 18.4 Å². The number of phenolic OH excluding ortho intramolecular Hbond substituents is 1. The standard InChI is InChI=1S/C19H26N6O2/c1-4-14(10-26)22-19-23-17(16-18(24-19)25(5-2)11-21-16)20-9-13-8-12(3)6-7-15(13)27/h6-8,11,14,26-27H,4-5,9-10H2,1-3H3,(H2,20,22,23,24). The van der Waals surface area contributed by atoms with Crippen LogP contribution < -0.4 is 10.6 Å². The average molecular weight is 370 g/mol. The van der Waals surface area contributed by atoms with Gasteiger partial charge in [-0.15, -0.1) is 0 Å². The predicted octanol–water partition coefficient (Wildman–Crippen LogP) is 2.66. The fourth-order valence-corrected chi connectivity index (χ4v) is 2.86. The molecule has 0 aliphatic rings. The largest absolute Gasteiger partial charge is 0.508 e. The van der Waals surface area contributed by atoms with Crippen molar-refractivity contribution in [2.45, 2.75) is 46.3 Å². The van der Waals surface area contributed by atoms with Gasteiger partial charge in [0.15, 0.2) is 17.0 Å². The molecule has 2 heterocycles. The molecule has 27 heavy (non-hydrogen) atoms. The lowest BCUT2D eigenvalue weighted by molar-refractivity contribution is 0.271. The number of rotatable bonds is 8. The maximum Gasteiger partial charge on any atom is 0.227 e. The molecule has 3 aromatic rings. The predicted molar refractivity (Wildman–Crippen MR) is 106 cm³/mol. The van der Waals surface area contributed by atoms with Gasteiger partial charge in [0, 0.05) is 18.7 Å². The number of aliphatic hydroxyl groups excluding tert-OH is 1. The van der Waals surface area contributed by atoms with Crippen LogP contribution in [-0.2, 0) is 13.1 Å². The molecule has 0 radical (unpaired) electrons. The van der Waals surface area contributed by atoms with Gasteiger partial charge in [-0.2, -0.15) is 9.97 Å². The van der Waals surface area contributed by atoms with Gasteiger partial charge in [-0.25, -0.2) is 4.98 Å². The molecular formula is C19H26N6O2. The third-order valence-corrected chi connectivity index (χ3v) is 4.53. The Labute approximate surface area is 158 Å². The van der Waals surface area contributed by atoms with Crippen LogP contribution in [0.2, 0.25) is 0 Å². The first kappa shape index (κ1) is 18.9. The monoisotopic (exact) mass is 370 g/mol. The van der Waals surface area contributed by atoms with Crippen LogP contribution in [0.4, 0.5) is 11.8 Å². The minimum Gasteiger partial charge on any atom is -0.508 e. The molecule has 0 aliphatic heterocycles. The van der Waals surface area contributed by atoms with Crippen molar-refractivity contribution in [3.63, 3.8) is 0 Å². The third-order valence-electron chi connectivity index (χ3n) is 4.53. The molecule has 2 aromatic heterocycles. The molecule has 8 nitrogen and oxygen atoms in total. The lowest BCUT2D eigenvalue weighted by Crippen LogP contribution is -2.24. The van der Waals surface area contributed by atoms with Crippen molar-refractivity contribution in [2.75, 3.05) is 17.2 Å². The number of aliphatic hydroxyl groups is 1. The molecule has 0 fully saturated rings. The van der Waals surface area contributed by atoms with Gasteiger partial charge >= 0.3 is 0 Å². The van der Waals surface area contributed by atoms with Crippen LogP contribution in [0.3, 0.4) is 0 Å². The van der Waals surface area contributed by atoms with Gasteiger partial charge in [0.05, 0.1) is 19.0 Å². The summed E-state index contributed by atoms with van der Waals surface area (Å²) in [5, 5.41) is 26.0. The summed E-state index contributed by atoms with van der Waals surface area (Å²) in [5.74, 6) is 1.26. The number of anilines is 2. The third kappa shape index (κ3) is 4.11. The number of nitrogens with zero attached hydrogens (tertiary/aromatic N) is 4. The lowest BCUT2D eigenvalue weighted by atomic mass is 10.1. The molecule has 8 heteroatoms. The fourth-order valence-electron chi connectivity index (χ4n) is 2.86. The van der Waals surface area contributed by atoms with E-state index < -0.39 is 0 Å². The second-order valence-electron chi connectivity index (χ2n) is 6.52. The molecule has 0 saturated heterocycles. The molecule has 144 valence electrons. The van der Waals surface area contributed by atoms with Gasteiger partial charge < -0.3 is 25.4 Å². The summed E-state index contributed by atoms with van der Waals surface area (Å²) >= 11 is 0. The molecule has 0 spiro atoms. The molecule has 0 amide bonds. The Morgan fingerprint density at radius 2 is 2.04 bits per heavy atom. The Hall–Kier alpha value is -2.87. The van der Waals surface area contributed by atoms with Crippen LogP contribution in [0.25, 0.3) is 11.2 Å². The van der Waals surface area contributed by atoms with Crippen LogP contribution in [0.15, 0.2) is 24.5 Å². The van der Waals surface area contributed by atoms with Crippen molar-refractivity contribution in [3.8, 4) is 5.75 Å². The van der Waals surface area contributed by atoms with Crippen LogP contribution in [0.5, 0.6) is 5.75 Å². The van der Waals surface area contributed by atoms with E-state index in [1.54, 1.807) is 12.4 Å². The number of aromatic nitrogens is 4. The van der Waals surface area contributed by atoms with Gasteiger partial charge in [0.2, 0.25) is 5.95 Å². The van der Waals surface area contributed by atoms with Crippen molar-refractivity contribution in [1.29, 1.82) is 0 Å². The van der Waals surface area contributed by atoms with Crippen molar-refractivity contribution in [2.24, 2.45) is 0 Å². The fraction of sp³-hybridized carbons (Fsp3) is 0.421. The zero-order chi connectivity index (χ0) is 19.4. The summed E-state index contributed by atoms with van der Waals surface area (Å²) in [4.78, 5) is 13.6. The minimum absolute atomic E-state index is 0.00482. The van der Waals surface area contributed by atoms with Gasteiger partial charge in [-0.3, -0.25) is 0 Å². The normalized spacial score (nSPS) is 12.3. The number of fused-ring (bicyclic) bond motifs is 1.